The van der Waals surface area contributed by atoms with Gasteiger partial charge in [0.15, 0.2) is 0 Å². The summed E-state index contributed by atoms with van der Waals surface area (Å²) in [5.74, 6) is -5.92. The molecular formula is C27H43N5O10S2. The Morgan fingerprint density at radius 1 is 1.02 bits per heavy atom. The molecule has 17 heteroatoms. The summed E-state index contributed by atoms with van der Waals surface area (Å²) in [6.45, 7) is -0.382. The zero-order chi connectivity index (χ0) is 33.3. The second-order valence-electron chi connectivity index (χ2n) is 11.4. The third kappa shape index (κ3) is 11.0. The molecular weight excluding hydrogens is 618 g/mol. The van der Waals surface area contributed by atoms with Crippen LogP contribution in [0.3, 0.4) is 0 Å². The summed E-state index contributed by atoms with van der Waals surface area (Å²) in [6.07, 6.45) is 3.95. The molecule has 0 saturated heterocycles. The van der Waals surface area contributed by atoms with E-state index in [0.717, 1.165) is 12.5 Å². The predicted molar refractivity (Wildman–Crippen MR) is 162 cm³/mol. The van der Waals surface area contributed by atoms with Crippen LogP contribution in [0.4, 0.5) is 5.69 Å². The van der Waals surface area contributed by atoms with Crippen LogP contribution in [0.2, 0.25) is 0 Å². The molecule has 1 aliphatic rings. The molecule has 3 atom stereocenters. The smallest absolute Gasteiger partial charge is 0.326 e. The Morgan fingerprint density at radius 2 is 1.66 bits per heavy atom. The first kappa shape index (κ1) is 36.9. The number of carboxylic acids is 2. The molecule has 0 radical (unpaired) electrons. The molecule has 1 unspecified atom stereocenters. The topological polar surface area (TPSA) is 256 Å². The van der Waals surface area contributed by atoms with E-state index in [1.807, 2.05) is 0 Å². The molecule has 0 aromatic heterocycles. The van der Waals surface area contributed by atoms with Crippen molar-refractivity contribution >= 4 is 49.5 Å². The second kappa shape index (κ2) is 15.6. The van der Waals surface area contributed by atoms with Gasteiger partial charge < -0.3 is 27.0 Å². The monoisotopic (exact) mass is 661 g/mol. The normalized spacial score (nSPS) is 16.8. The Hall–Kier alpha value is -3.28. The fourth-order valence-corrected chi connectivity index (χ4v) is 6.87. The highest BCUT2D eigenvalue weighted by Crippen LogP contribution is 2.44. The number of anilines is 1. The van der Waals surface area contributed by atoms with Crippen molar-refractivity contribution in [3.8, 4) is 0 Å². The van der Waals surface area contributed by atoms with Gasteiger partial charge in [-0.1, -0.05) is 31.4 Å². The maximum atomic E-state index is 13.7. The number of amides is 2. The number of benzene rings is 1. The van der Waals surface area contributed by atoms with Crippen LogP contribution in [0.5, 0.6) is 0 Å². The SMILES string of the molecule is CS(=O)(=O)Nc1cccc(C[C@H](NC(=O)C2(CC(CN(C(=O)[C@@H](N)CCCCN)S(C)(=O)=O)C(=O)O)CCCC2)C(=O)O)c1. The van der Waals surface area contributed by atoms with Crippen molar-refractivity contribution < 1.29 is 46.2 Å². The standard InChI is InChI=1S/C27H43N5O10S2/c1-43(39,40)31-20-9-7-8-18(14-20)15-22(25(36)37)30-26(38)27(11-4-5-12-27)16-19(24(34)35)17-32(44(2,41)42)23(33)21(29)10-3-6-13-28/h7-9,14,19,21-22,31H,3-6,10-13,15-17,28-29H2,1-2H3,(H,30,38)(H,34,35)(H,36,37)/t19?,21-,22-/m0/s1. The van der Waals surface area contributed by atoms with Crippen LogP contribution in [0.15, 0.2) is 24.3 Å². The molecule has 1 saturated carbocycles. The van der Waals surface area contributed by atoms with E-state index in [1.165, 1.54) is 18.2 Å². The van der Waals surface area contributed by atoms with E-state index in [-0.39, 0.29) is 37.8 Å². The molecule has 1 fully saturated rings. The Balaban J connectivity index is 2.29. The largest absolute Gasteiger partial charge is 0.481 e. The van der Waals surface area contributed by atoms with Crippen LogP contribution in [0.25, 0.3) is 0 Å². The first-order valence-corrected chi connectivity index (χ1v) is 17.9. The quantitative estimate of drug-likeness (QED) is 0.114. The van der Waals surface area contributed by atoms with Crippen LogP contribution in [0, 0.1) is 11.3 Å². The van der Waals surface area contributed by atoms with E-state index in [4.69, 9.17) is 11.5 Å². The molecule has 1 aromatic rings. The number of carbonyl (C=O) groups is 4. The first-order valence-electron chi connectivity index (χ1n) is 14.2. The van der Waals surface area contributed by atoms with Gasteiger partial charge in [-0.05, 0) is 56.3 Å². The Morgan fingerprint density at radius 3 is 2.18 bits per heavy atom. The minimum Gasteiger partial charge on any atom is -0.481 e. The van der Waals surface area contributed by atoms with Crippen molar-refractivity contribution in [2.24, 2.45) is 22.8 Å². The van der Waals surface area contributed by atoms with Crippen LogP contribution in [0.1, 0.15) is 56.9 Å². The number of nitrogens with two attached hydrogens (primary N) is 2. The van der Waals surface area contributed by atoms with Gasteiger partial charge in [-0.15, -0.1) is 0 Å². The molecule has 15 nitrogen and oxygen atoms in total. The Kier molecular flexibility index (Phi) is 13.1. The van der Waals surface area contributed by atoms with Crippen molar-refractivity contribution in [1.82, 2.24) is 9.62 Å². The zero-order valence-corrected chi connectivity index (χ0v) is 26.5. The minimum atomic E-state index is -4.23. The average Bonchev–Trinajstić information content (AvgIpc) is 3.38. The summed E-state index contributed by atoms with van der Waals surface area (Å²) in [7, 11) is -7.81. The summed E-state index contributed by atoms with van der Waals surface area (Å²) < 4.78 is 51.0. The van der Waals surface area contributed by atoms with E-state index in [0.29, 0.717) is 42.1 Å². The lowest BCUT2D eigenvalue weighted by atomic mass is 9.76. The lowest BCUT2D eigenvalue weighted by Crippen LogP contribution is -2.52. The molecule has 0 aliphatic heterocycles. The van der Waals surface area contributed by atoms with Gasteiger partial charge in [0.2, 0.25) is 26.0 Å². The van der Waals surface area contributed by atoms with Crippen molar-refractivity contribution in [2.45, 2.75) is 69.9 Å². The molecule has 1 aromatic carbocycles. The highest BCUT2D eigenvalue weighted by Gasteiger charge is 2.46. The van der Waals surface area contributed by atoms with Gasteiger partial charge in [-0.2, -0.15) is 0 Å². The fourth-order valence-electron chi connectivity index (χ4n) is 5.41. The van der Waals surface area contributed by atoms with Crippen molar-refractivity contribution in [1.29, 1.82) is 0 Å². The highest BCUT2D eigenvalue weighted by atomic mass is 32.2. The maximum absolute atomic E-state index is 13.7. The van der Waals surface area contributed by atoms with Gasteiger partial charge in [-0.25, -0.2) is 25.9 Å². The fraction of sp³-hybridized carbons (Fsp3) is 0.630. The number of carbonyl (C=O) groups excluding carboxylic acids is 2. The third-order valence-electron chi connectivity index (χ3n) is 7.62. The molecule has 1 aliphatic carbocycles. The van der Waals surface area contributed by atoms with Gasteiger partial charge in [0.1, 0.15) is 6.04 Å². The highest BCUT2D eigenvalue weighted by molar-refractivity contribution is 7.92. The number of nitrogens with zero attached hydrogens (tertiary/aromatic N) is 1. The number of hydrogen-bond acceptors (Lipinski definition) is 10. The molecule has 2 rings (SSSR count). The first-order chi connectivity index (χ1) is 20.4. The number of sulfonamides is 2. The Labute approximate surface area is 257 Å². The number of hydrogen-bond donors (Lipinski definition) is 6. The van der Waals surface area contributed by atoms with Crippen molar-refractivity contribution in [3.05, 3.63) is 29.8 Å². The Bertz CT molecular complexity index is 1410. The van der Waals surface area contributed by atoms with Crippen LogP contribution >= 0.6 is 0 Å². The lowest BCUT2D eigenvalue weighted by Gasteiger charge is -2.33. The summed E-state index contributed by atoms with van der Waals surface area (Å²) in [4.78, 5) is 51.2. The number of nitrogens with one attached hydrogen (secondary N) is 2. The average molecular weight is 662 g/mol. The van der Waals surface area contributed by atoms with E-state index < -0.39 is 73.8 Å². The zero-order valence-electron chi connectivity index (χ0n) is 24.9. The predicted octanol–water partition coefficient (Wildman–Crippen LogP) is 0.0658. The second-order valence-corrected chi connectivity index (χ2v) is 15.0. The molecule has 248 valence electrons. The number of rotatable bonds is 18. The van der Waals surface area contributed by atoms with Gasteiger partial charge >= 0.3 is 11.9 Å². The maximum Gasteiger partial charge on any atom is 0.326 e. The summed E-state index contributed by atoms with van der Waals surface area (Å²) in [5.41, 5.74) is 10.7. The van der Waals surface area contributed by atoms with Gasteiger partial charge in [0.05, 0.1) is 36.4 Å². The summed E-state index contributed by atoms with van der Waals surface area (Å²) >= 11 is 0. The molecule has 44 heavy (non-hydrogen) atoms. The van der Waals surface area contributed by atoms with Crippen LogP contribution in [-0.2, 0) is 45.6 Å². The molecule has 0 heterocycles. The summed E-state index contributed by atoms with van der Waals surface area (Å²) in [6, 6.07) is 3.38. The third-order valence-corrected chi connectivity index (χ3v) is 9.36. The summed E-state index contributed by atoms with van der Waals surface area (Å²) in [5, 5.41) is 22.5. The number of carboxylic acid groups (broad SMARTS) is 2. The van der Waals surface area contributed by atoms with Crippen LogP contribution in [-0.4, -0.2) is 92.8 Å². The number of unbranched alkanes of at least 4 members (excludes halogenated alkanes) is 1. The lowest BCUT2D eigenvalue weighted by molar-refractivity contribution is -0.147. The minimum absolute atomic E-state index is 0.149. The number of aliphatic carboxylic acids is 2. The molecule has 2 amide bonds. The van der Waals surface area contributed by atoms with E-state index in [9.17, 15) is 46.2 Å². The van der Waals surface area contributed by atoms with E-state index in [1.54, 1.807) is 6.07 Å². The van der Waals surface area contributed by atoms with E-state index in [2.05, 4.69) is 10.0 Å². The van der Waals surface area contributed by atoms with Gasteiger partial charge in [0, 0.05) is 12.1 Å². The van der Waals surface area contributed by atoms with Crippen molar-refractivity contribution in [2.75, 3.05) is 30.3 Å². The van der Waals surface area contributed by atoms with Gasteiger partial charge in [-0.3, -0.25) is 19.1 Å². The molecule has 0 spiro atoms. The van der Waals surface area contributed by atoms with Crippen LogP contribution < -0.4 is 21.5 Å². The van der Waals surface area contributed by atoms with Crippen molar-refractivity contribution in [3.63, 3.8) is 0 Å². The molecule has 0 bridgehead atoms. The van der Waals surface area contributed by atoms with Gasteiger partial charge in [0.25, 0.3) is 5.91 Å². The molecule has 8 N–H and O–H groups in total. The van der Waals surface area contributed by atoms with E-state index >= 15 is 0 Å².